The number of benzene rings is 7. The van der Waals surface area contributed by atoms with Gasteiger partial charge in [0.1, 0.15) is 11.2 Å². The molecular formula is C57H47F2IrN3O2Si-2. The standard InChI is InChI=1S/C43H32FN2O2.C14H15FNSi.Ir/c1-24(2)31-21-27(26-13-6-5-7-14-26)22-32(25(3)4)40(31)46-35-19-10-9-18-34(35)45-43(46)30-17-12-16-28-33-23-37-38(39(44)42(33)48-41(28)30)29-15-8-11-20-36(29)47-37;1-17(2,3)13-8-9-14(16-10-13)11-4-6-12(15)7-5-11;/h5-16,18-25H,1-4H3;4,6-10H,1-3H3;/q2*-1;. The molecule has 66 heavy (non-hydrogen) atoms. The van der Waals surface area contributed by atoms with Crippen molar-refractivity contribution in [1.82, 2.24) is 14.5 Å². The molecule has 0 fully saturated rings. The zero-order valence-corrected chi connectivity index (χ0v) is 41.2. The summed E-state index contributed by atoms with van der Waals surface area (Å²) in [5, 5.41) is 3.92. The van der Waals surface area contributed by atoms with Crippen molar-refractivity contribution in [3.63, 3.8) is 0 Å². The molecule has 7 aromatic carbocycles. The average Bonchev–Trinajstić information content (AvgIpc) is 4.01. The van der Waals surface area contributed by atoms with Crippen molar-refractivity contribution in [2.24, 2.45) is 0 Å². The van der Waals surface area contributed by atoms with E-state index in [0.29, 0.717) is 38.9 Å². The van der Waals surface area contributed by atoms with Crippen molar-refractivity contribution in [3.05, 3.63) is 181 Å². The quantitative estimate of drug-likeness (QED) is 0.118. The summed E-state index contributed by atoms with van der Waals surface area (Å²) < 4.78 is 44.0. The van der Waals surface area contributed by atoms with Crippen molar-refractivity contribution < 1.29 is 37.7 Å². The van der Waals surface area contributed by atoms with Crippen molar-refractivity contribution in [3.8, 4) is 39.5 Å². The van der Waals surface area contributed by atoms with E-state index >= 15 is 4.39 Å². The first-order valence-corrected chi connectivity index (χ1v) is 25.6. The van der Waals surface area contributed by atoms with Gasteiger partial charge in [0.25, 0.3) is 0 Å². The first-order valence-electron chi connectivity index (χ1n) is 22.1. The molecule has 0 saturated heterocycles. The molecule has 5 nitrogen and oxygen atoms in total. The summed E-state index contributed by atoms with van der Waals surface area (Å²) in [6, 6.07) is 51.5. The molecule has 0 N–H and O–H groups in total. The van der Waals surface area contributed by atoms with Gasteiger partial charge in [0.15, 0.2) is 11.4 Å². The number of halogens is 2. The van der Waals surface area contributed by atoms with Crippen LogP contribution >= 0.6 is 0 Å². The summed E-state index contributed by atoms with van der Waals surface area (Å²) in [4.78, 5) is 9.66. The van der Waals surface area contributed by atoms with Crippen LogP contribution in [0.1, 0.15) is 50.7 Å². The summed E-state index contributed by atoms with van der Waals surface area (Å²) in [5.41, 5.74) is 12.0. The molecule has 11 aromatic rings. The zero-order valence-electron chi connectivity index (χ0n) is 37.8. The predicted molar refractivity (Wildman–Crippen MR) is 265 cm³/mol. The first-order chi connectivity index (χ1) is 31.4. The maximum absolute atomic E-state index is 16.4. The van der Waals surface area contributed by atoms with Gasteiger partial charge in [0, 0.05) is 48.6 Å². The number of imidazole rings is 1. The van der Waals surface area contributed by atoms with Crippen LogP contribution in [0.4, 0.5) is 8.78 Å². The van der Waals surface area contributed by atoms with E-state index in [-0.39, 0.29) is 43.3 Å². The topological polar surface area (TPSA) is 57.0 Å². The van der Waals surface area contributed by atoms with E-state index in [1.807, 2.05) is 72.9 Å². The minimum atomic E-state index is -1.30. The molecule has 0 atom stereocenters. The second-order valence-electron chi connectivity index (χ2n) is 18.3. The fourth-order valence-corrected chi connectivity index (χ4v) is 9.82. The van der Waals surface area contributed by atoms with Crippen LogP contribution < -0.4 is 5.19 Å². The van der Waals surface area contributed by atoms with E-state index in [4.69, 9.17) is 13.8 Å². The molecule has 331 valence electrons. The Bertz CT molecular complexity index is 3520. The second kappa shape index (κ2) is 17.7. The van der Waals surface area contributed by atoms with Crippen molar-refractivity contribution in [1.29, 1.82) is 0 Å². The molecule has 0 aliphatic carbocycles. The first kappa shape index (κ1) is 44.7. The Morgan fingerprint density at radius 3 is 2.05 bits per heavy atom. The van der Waals surface area contributed by atoms with E-state index in [0.717, 1.165) is 38.8 Å². The van der Waals surface area contributed by atoms with Crippen LogP contribution in [0.5, 0.6) is 0 Å². The molecule has 4 aromatic heterocycles. The normalized spacial score (nSPS) is 11.9. The number of furan rings is 2. The molecule has 0 spiro atoms. The summed E-state index contributed by atoms with van der Waals surface area (Å²) in [6.45, 7) is 15.8. The minimum Gasteiger partial charge on any atom is -0.497 e. The van der Waals surface area contributed by atoms with Crippen molar-refractivity contribution in [2.75, 3.05) is 0 Å². The van der Waals surface area contributed by atoms with Crippen LogP contribution in [0.25, 0.3) is 94.4 Å². The van der Waals surface area contributed by atoms with Gasteiger partial charge in [0.05, 0.1) is 35.9 Å². The van der Waals surface area contributed by atoms with E-state index in [2.05, 4.69) is 124 Å². The number of aromatic nitrogens is 3. The fourth-order valence-electron chi connectivity index (χ4n) is 8.79. The number of nitrogens with zero attached hydrogens (tertiary/aromatic N) is 3. The van der Waals surface area contributed by atoms with Crippen molar-refractivity contribution >= 4 is 68.2 Å². The maximum Gasteiger partial charge on any atom is 0.176 e. The van der Waals surface area contributed by atoms with Gasteiger partial charge < -0.3 is 18.4 Å². The second-order valence-corrected chi connectivity index (χ2v) is 23.4. The third-order valence-corrected chi connectivity index (χ3v) is 14.2. The summed E-state index contributed by atoms with van der Waals surface area (Å²) >= 11 is 0. The van der Waals surface area contributed by atoms with Crippen molar-refractivity contribution in [2.45, 2.75) is 59.2 Å². The van der Waals surface area contributed by atoms with E-state index in [1.165, 1.54) is 39.6 Å². The Labute approximate surface area is 397 Å². The molecule has 0 aliphatic rings. The fraction of sp³-hybridized carbons (Fsp3) is 0.158. The largest absolute Gasteiger partial charge is 0.497 e. The molecule has 0 bridgehead atoms. The van der Waals surface area contributed by atoms with Gasteiger partial charge in [-0.05, 0) is 81.4 Å². The van der Waals surface area contributed by atoms with E-state index < -0.39 is 13.9 Å². The molecule has 0 aliphatic heterocycles. The molecule has 4 heterocycles. The van der Waals surface area contributed by atoms with Gasteiger partial charge >= 0.3 is 0 Å². The van der Waals surface area contributed by atoms with Gasteiger partial charge in [-0.15, -0.1) is 48.0 Å². The number of para-hydroxylation sites is 3. The minimum absolute atomic E-state index is 0. The molecule has 0 saturated carbocycles. The number of rotatable bonds is 7. The van der Waals surface area contributed by atoms with Crippen LogP contribution in [0, 0.1) is 23.8 Å². The molecule has 9 heteroatoms. The summed E-state index contributed by atoms with van der Waals surface area (Å²) in [7, 11) is -1.30. The number of hydrogen-bond donors (Lipinski definition) is 0. The van der Waals surface area contributed by atoms with Gasteiger partial charge in [-0.2, -0.15) is 0 Å². The van der Waals surface area contributed by atoms with Gasteiger partial charge in [-0.3, -0.25) is 9.37 Å². The molecule has 1 radical (unpaired) electrons. The van der Waals surface area contributed by atoms with Gasteiger partial charge in [0.2, 0.25) is 0 Å². The Balaban J connectivity index is 0.000000257. The van der Waals surface area contributed by atoms with Crippen LogP contribution in [0.15, 0.2) is 155 Å². The smallest absolute Gasteiger partial charge is 0.176 e. The molecule has 11 rings (SSSR count). The molecule has 0 unspecified atom stereocenters. The van der Waals surface area contributed by atoms with Gasteiger partial charge in [-0.25, -0.2) is 4.39 Å². The number of hydrogen-bond acceptors (Lipinski definition) is 4. The maximum atomic E-state index is 16.4. The van der Waals surface area contributed by atoms with E-state index in [9.17, 15) is 4.39 Å². The number of pyridine rings is 1. The van der Waals surface area contributed by atoms with Crippen LogP contribution in [0.3, 0.4) is 0 Å². The molecule has 0 amide bonds. The average molecular weight is 1060 g/mol. The third kappa shape index (κ3) is 7.99. The van der Waals surface area contributed by atoms with Crippen LogP contribution in [-0.4, -0.2) is 22.6 Å². The predicted octanol–water partition coefficient (Wildman–Crippen LogP) is 15.6. The van der Waals surface area contributed by atoms with Gasteiger partial charge in [-0.1, -0.05) is 131 Å². The SMILES string of the molecule is CC(C)c1cc(-c2ccccc2)cc(C(C)C)c1-n1c(-c2[c-]ccc3c2oc2c(F)c4c(cc23)oc2ccccc24)nc2ccccc21.C[Si](C)(C)c1ccc(-c2[c-]cc(F)cc2)nc1.[Ir]. The Morgan fingerprint density at radius 2 is 1.36 bits per heavy atom. The van der Waals surface area contributed by atoms with Crippen LogP contribution in [-0.2, 0) is 20.1 Å². The zero-order chi connectivity index (χ0) is 45.1. The molecular weight excluding hydrogens is 1020 g/mol. The Kier molecular flexibility index (Phi) is 12.0. The summed E-state index contributed by atoms with van der Waals surface area (Å²) in [6.07, 6.45) is 1.93. The Hall–Kier alpha value is -6.51. The Morgan fingerprint density at radius 1 is 0.652 bits per heavy atom. The summed E-state index contributed by atoms with van der Waals surface area (Å²) in [5.74, 6) is 0.448. The number of fused-ring (bicyclic) bond motifs is 7. The third-order valence-electron chi connectivity index (χ3n) is 12.2. The van der Waals surface area contributed by atoms with E-state index in [1.54, 1.807) is 6.07 Å². The van der Waals surface area contributed by atoms with Crippen LogP contribution in [0.2, 0.25) is 19.6 Å². The monoisotopic (exact) mass is 1060 g/mol.